The second-order valence-electron chi connectivity index (χ2n) is 9.55. The van der Waals surface area contributed by atoms with E-state index in [0.29, 0.717) is 29.8 Å². The summed E-state index contributed by atoms with van der Waals surface area (Å²) in [5.41, 5.74) is -1.59. The third kappa shape index (κ3) is 8.28. The number of carboxylic acid groups (broad SMARTS) is 1. The summed E-state index contributed by atoms with van der Waals surface area (Å²) in [7, 11) is -4.62. The number of hydrogen-bond acceptors (Lipinski definition) is 8. The third-order valence-electron chi connectivity index (χ3n) is 6.31. The fourth-order valence-corrected chi connectivity index (χ4v) is 5.37. The smallest absolute Gasteiger partial charge is 0.416 e. The normalized spacial score (nSPS) is 11.5. The maximum Gasteiger partial charge on any atom is 0.416 e. The van der Waals surface area contributed by atoms with Gasteiger partial charge in [-0.15, -0.1) is 0 Å². The fourth-order valence-electron chi connectivity index (χ4n) is 4.15. The van der Waals surface area contributed by atoms with E-state index >= 15 is 0 Å². The molecule has 3 aromatic carbocycles. The average Bonchev–Trinajstić information content (AvgIpc) is 3.00. The van der Waals surface area contributed by atoms with Crippen molar-refractivity contribution < 1.29 is 41.1 Å². The molecule has 1 heterocycles. The van der Waals surface area contributed by atoms with Gasteiger partial charge in [0.15, 0.2) is 11.0 Å². The maximum absolute atomic E-state index is 13.3. The number of aliphatic carboxylic acids is 1. The minimum absolute atomic E-state index is 0.0647. The van der Waals surface area contributed by atoms with Gasteiger partial charge in [-0.25, -0.2) is 18.1 Å². The van der Waals surface area contributed by atoms with Crippen molar-refractivity contribution in [3.63, 3.8) is 0 Å². The molecule has 0 unspecified atom stereocenters. The number of aromatic nitrogens is 2. The highest BCUT2D eigenvalue weighted by Gasteiger charge is 2.31. The predicted octanol–water partition coefficient (Wildman–Crippen LogP) is 3.76. The fraction of sp³-hybridized carbons (Fsp3) is 0.138. The Balaban J connectivity index is 1.59. The van der Waals surface area contributed by atoms with E-state index in [1.165, 1.54) is 24.3 Å². The molecule has 0 fully saturated rings. The van der Waals surface area contributed by atoms with E-state index in [4.69, 9.17) is 16.7 Å². The molecule has 240 valence electrons. The van der Waals surface area contributed by atoms with Crippen molar-refractivity contribution in [3.05, 3.63) is 117 Å². The average molecular weight is 678 g/mol. The van der Waals surface area contributed by atoms with Crippen LogP contribution in [-0.2, 0) is 38.8 Å². The number of nitrogens with one attached hydrogen (secondary N) is 3. The second kappa shape index (κ2) is 13.8. The molecule has 46 heavy (non-hydrogen) atoms. The van der Waals surface area contributed by atoms with E-state index in [9.17, 15) is 40.8 Å². The zero-order valence-electron chi connectivity index (χ0n) is 23.3. The number of halogens is 4. The van der Waals surface area contributed by atoms with Crippen LogP contribution in [0.1, 0.15) is 27.2 Å². The third-order valence-corrected chi connectivity index (χ3v) is 7.96. The van der Waals surface area contributed by atoms with E-state index in [-0.39, 0.29) is 28.5 Å². The van der Waals surface area contributed by atoms with Crippen molar-refractivity contribution in [1.29, 1.82) is 0 Å². The minimum atomic E-state index is -4.70. The number of rotatable bonds is 11. The molecule has 0 bridgehead atoms. The summed E-state index contributed by atoms with van der Waals surface area (Å²) in [5, 5.41) is 13.6. The Labute approximate surface area is 263 Å². The SMILES string of the molecule is O=C(O)CNc1nc(Cl)c(Cc2ccccc2)n(CC(=O)Nc2ccccc2C(=O)NS(=O)(=O)c2ccc(C(F)(F)F)cc2)c1=O. The second-order valence-corrected chi connectivity index (χ2v) is 11.6. The number of para-hydroxylation sites is 1. The lowest BCUT2D eigenvalue weighted by molar-refractivity contribution is -0.137. The first-order valence-electron chi connectivity index (χ1n) is 13.1. The Morgan fingerprint density at radius 1 is 0.935 bits per heavy atom. The molecule has 0 radical (unpaired) electrons. The molecule has 0 saturated carbocycles. The van der Waals surface area contributed by atoms with Crippen LogP contribution in [0.5, 0.6) is 0 Å². The van der Waals surface area contributed by atoms with Crippen LogP contribution in [0.2, 0.25) is 5.15 Å². The van der Waals surface area contributed by atoms with Crippen molar-refractivity contribution in [3.8, 4) is 0 Å². The minimum Gasteiger partial charge on any atom is -0.480 e. The van der Waals surface area contributed by atoms with Crippen molar-refractivity contribution >= 4 is 50.9 Å². The van der Waals surface area contributed by atoms with Crippen LogP contribution in [0.25, 0.3) is 0 Å². The zero-order chi connectivity index (χ0) is 33.6. The maximum atomic E-state index is 13.3. The first-order chi connectivity index (χ1) is 21.7. The van der Waals surface area contributed by atoms with Crippen LogP contribution < -0.4 is 20.9 Å². The molecule has 4 rings (SSSR count). The number of sulfonamides is 1. The van der Waals surface area contributed by atoms with Gasteiger partial charge in [0, 0.05) is 6.42 Å². The molecule has 0 saturated heterocycles. The molecule has 0 atom stereocenters. The summed E-state index contributed by atoms with van der Waals surface area (Å²) in [6, 6.07) is 16.5. The largest absolute Gasteiger partial charge is 0.480 e. The molecule has 4 N–H and O–H groups in total. The van der Waals surface area contributed by atoms with Gasteiger partial charge in [0.1, 0.15) is 13.1 Å². The number of carbonyl (C=O) groups is 3. The monoisotopic (exact) mass is 677 g/mol. The molecule has 12 nitrogen and oxygen atoms in total. The van der Waals surface area contributed by atoms with Gasteiger partial charge in [0.2, 0.25) is 5.91 Å². The number of carbonyl (C=O) groups excluding carboxylic acids is 2. The van der Waals surface area contributed by atoms with Crippen LogP contribution in [0.15, 0.2) is 88.6 Å². The van der Waals surface area contributed by atoms with E-state index in [0.717, 1.165) is 4.57 Å². The van der Waals surface area contributed by atoms with E-state index in [2.05, 4.69) is 15.6 Å². The van der Waals surface area contributed by atoms with Crippen molar-refractivity contribution in [2.75, 3.05) is 17.2 Å². The number of nitrogens with zero attached hydrogens (tertiary/aromatic N) is 2. The van der Waals surface area contributed by atoms with Gasteiger partial charge in [-0.3, -0.25) is 23.7 Å². The van der Waals surface area contributed by atoms with Gasteiger partial charge in [0.05, 0.1) is 27.4 Å². The molecule has 4 aromatic rings. The van der Waals surface area contributed by atoms with Crippen molar-refractivity contribution in [2.45, 2.75) is 24.0 Å². The van der Waals surface area contributed by atoms with Gasteiger partial charge in [-0.2, -0.15) is 13.2 Å². The molecule has 17 heteroatoms. The number of benzene rings is 3. The Morgan fingerprint density at radius 2 is 1.57 bits per heavy atom. The van der Waals surface area contributed by atoms with Gasteiger partial charge in [-0.1, -0.05) is 54.1 Å². The molecule has 0 aliphatic heterocycles. The standard InChI is InChI=1S/C29H23ClF3N5O7S/c30-25-22(14-17-6-2-1-3-7-17)38(28(43)26(36-25)34-15-24(40)41)16-23(39)35-21-9-5-4-8-20(21)27(42)37-46(44,45)19-12-10-18(11-13-19)29(31,32)33/h1-13H,14-16H2,(H,34,36)(H,35,39)(H,37,42)(H,40,41). The summed E-state index contributed by atoms with van der Waals surface area (Å²) in [6.45, 7) is -1.34. The highest BCUT2D eigenvalue weighted by atomic mass is 35.5. The van der Waals surface area contributed by atoms with Crippen LogP contribution in [0, 0.1) is 0 Å². The van der Waals surface area contributed by atoms with Gasteiger partial charge in [0.25, 0.3) is 21.5 Å². The number of amides is 2. The number of carboxylic acids is 1. The zero-order valence-corrected chi connectivity index (χ0v) is 24.9. The van der Waals surface area contributed by atoms with E-state index in [1.807, 2.05) is 0 Å². The first kappa shape index (κ1) is 33.7. The molecule has 2 amide bonds. The Morgan fingerprint density at radius 3 is 2.20 bits per heavy atom. The van der Waals surface area contributed by atoms with Crippen LogP contribution in [0.4, 0.5) is 24.7 Å². The molecular weight excluding hydrogens is 655 g/mol. The quantitative estimate of drug-likeness (QED) is 0.184. The van der Waals surface area contributed by atoms with Gasteiger partial charge < -0.3 is 15.7 Å². The Bertz CT molecular complexity index is 1950. The number of alkyl halides is 3. The summed E-state index contributed by atoms with van der Waals surface area (Å²) >= 11 is 6.37. The summed E-state index contributed by atoms with van der Waals surface area (Å²) in [4.78, 5) is 53.9. The molecular formula is C29H23ClF3N5O7S. The van der Waals surface area contributed by atoms with Crippen LogP contribution in [-0.4, -0.2) is 47.4 Å². The van der Waals surface area contributed by atoms with Crippen molar-refractivity contribution in [2.24, 2.45) is 0 Å². The Kier molecular flexibility index (Phi) is 10.1. The highest BCUT2D eigenvalue weighted by molar-refractivity contribution is 7.90. The molecule has 0 aliphatic carbocycles. The highest BCUT2D eigenvalue weighted by Crippen LogP contribution is 2.30. The summed E-state index contributed by atoms with van der Waals surface area (Å²) < 4.78 is 66.8. The molecule has 0 aliphatic rings. The lowest BCUT2D eigenvalue weighted by Crippen LogP contribution is -2.34. The number of hydrogen-bond donors (Lipinski definition) is 4. The predicted molar refractivity (Wildman–Crippen MR) is 160 cm³/mol. The number of anilines is 2. The molecule has 0 spiro atoms. The first-order valence-corrected chi connectivity index (χ1v) is 14.9. The van der Waals surface area contributed by atoms with Crippen LogP contribution >= 0.6 is 11.6 Å². The molecule has 1 aromatic heterocycles. The summed E-state index contributed by atoms with van der Waals surface area (Å²) in [6.07, 6.45) is -4.64. The van der Waals surface area contributed by atoms with Gasteiger partial charge >= 0.3 is 12.1 Å². The summed E-state index contributed by atoms with van der Waals surface area (Å²) in [5.74, 6) is -3.77. The lowest BCUT2D eigenvalue weighted by Gasteiger charge is -2.17. The van der Waals surface area contributed by atoms with Crippen LogP contribution in [0.3, 0.4) is 0 Å². The van der Waals surface area contributed by atoms with E-state index < -0.39 is 68.9 Å². The van der Waals surface area contributed by atoms with Crippen molar-refractivity contribution in [1.82, 2.24) is 14.3 Å². The van der Waals surface area contributed by atoms with Gasteiger partial charge in [-0.05, 0) is 42.0 Å². The lowest BCUT2D eigenvalue weighted by atomic mass is 10.1. The van der Waals surface area contributed by atoms with E-state index in [1.54, 1.807) is 35.1 Å². The Hall–Kier alpha value is -5.22. The topological polar surface area (TPSA) is 177 Å².